The number of phenols is 1. The number of rotatable bonds is 7. The van der Waals surface area contributed by atoms with Crippen LogP contribution in [0.4, 0.5) is 29.2 Å². The summed E-state index contributed by atoms with van der Waals surface area (Å²) in [5, 5.41) is 16.2. The van der Waals surface area contributed by atoms with Crippen molar-refractivity contribution in [3.05, 3.63) is 48.0 Å². The fourth-order valence-electron chi connectivity index (χ4n) is 5.25. The molecule has 0 bridgehead atoms. The SMILES string of the molecule is COc1cccc(O)c1C(=O)Nc1ccc(Nc2nc(N3CC(N)CC(N)C3)nc(N3CC(N)CC(N)C3)n2)cc1. The molecule has 4 atom stereocenters. The van der Waals surface area contributed by atoms with E-state index in [2.05, 4.69) is 20.6 Å². The van der Waals surface area contributed by atoms with Gasteiger partial charge in [-0.05, 0) is 49.2 Å². The first kappa shape index (κ1) is 28.3. The van der Waals surface area contributed by atoms with E-state index in [4.69, 9.17) is 32.7 Å². The lowest BCUT2D eigenvalue weighted by Gasteiger charge is -2.37. The van der Waals surface area contributed by atoms with Gasteiger partial charge in [0.25, 0.3) is 5.91 Å². The van der Waals surface area contributed by atoms with E-state index in [1.807, 2.05) is 9.80 Å². The highest BCUT2D eigenvalue weighted by atomic mass is 16.5. The summed E-state index contributed by atoms with van der Waals surface area (Å²) in [6.45, 7) is 2.30. The highest BCUT2D eigenvalue weighted by Crippen LogP contribution is 2.29. The van der Waals surface area contributed by atoms with Crippen molar-refractivity contribution >= 4 is 35.1 Å². The molecule has 0 aliphatic carbocycles. The maximum atomic E-state index is 12.8. The second-order valence-electron chi connectivity index (χ2n) is 10.6. The molecule has 0 radical (unpaired) electrons. The Morgan fingerprint density at radius 2 is 1.34 bits per heavy atom. The second-order valence-corrected chi connectivity index (χ2v) is 10.6. The number of aromatic nitrogens is 3. The van der Waals surface area contributed by atoms with E-state index in [9.17, 15) is 9.90 Å². The summed E-state index contributed by atoms with van der Waals surface area (Å²) in [4.78, 5) is 30.9. The lowest BCUT2D eigenvalue weighted by atomic mass is 10.0. The summed E-state index contributed by atoms with van der Waals surface area (Å²) < 4.78 is 5.22. The zero-order valence-electron chi connectivity index (χ0n) is 22.9. The van der Waals surface area contributed by atoms with Crippen LogP contribution in [0.1, 0.15) is 23.2 Å². The number of phenolic OH excluding ortho intramolecular Hbond substituents is 1. The molecule has 41 heavy (non-hydrogen) atoms. The number of ether oxygens (including phenoxy) is 1. The molecular formula is C27H37N11O3. The fourth-order valence-corrected chi connectivity index (χ4v) is 5.25. The van der Waals surface area contributed by atoms with E-state index < -0.39 is 5.91 Å². The maximum absolute atomic E-state index is 12.8. The van der Waals surface area contributed by atoms with Crippen molar-refractivity contribution in [3.8, 4) is 11.5 Å². The number of methoxy groups -OCH3 is 1. The molecular weight excluding hydrogens is 526 g/mol. The van der Waals surface area contributed by atoms with Crippen LogP contribution in [0.2, 0.25) is 0 Å². The van der Waals surface area contributed by atoms with Gasteiger partial charge in [-0.15, -0.1) is 0 Å². The van der Waals surface area contributed by atoms with Crippen LogP contribution >= 0.6 is 0 Å². The Morgan fingerprint density at radius 3 is 1.85 bits per heavy atom. The predicted octanol–water partition coefficient (Wildman–Crippen LogP) is 0.311. The van der Waals surface area contributed by atoms with Gasteiger partial charge in [-0.1, -0.05) is 6.07 Å². The number of nitrogens with one attached hydrogen (secondary N) is 2. The first-order valence-corrected chi connectivity index (χ1v) is 13.5. The maximum Gasteiger partial charge on any atom is 0.263 e. The Hall–Kier alpha value is -4.24. The molecule has 4 unspecified atom stereocenters. The van der Waals surface area contributed by atoms with Crippen molar-refractivity contribution < 1.29 is 14.6 Å². The average Bonchev–Trinajstić information content (AvgIpc) is 2.92. The van der Waals surface area contributed by atoms with Crippen LogP contribution in [0.5, 0.6) is 11.5 Å². The largest absolute Gasteiger partial charge is 0.507 e. The van der Waals surface area contributed by atoms with Crippen LogP contribution < -0.4 is 48.1 Å². The van der Waals surface area contributed by atoms with Crippen molar-refractivity contribution in [2.75, 3.05) is 53.7 Å². The number of hydrogen-bond donors (Lipinski definition) is 7. The quantitative estimate of drug-likeness (QED) is 0.206. The van der Waals surface area contributed by atoms with Crippen LogP contribution in [0.15, 0.2) is 42.5 Å². The normalized spacial score (nSPS) is 22.8. The van der Waals surface area contributed by atoms with E-state index in [1.165, 1.54) is 13.2 Å². The fraction of sp³-hybridized carbons (Fsp3) is 0.407. The molecule has 2 aliphatic heterocycles. The van der Waals surface area contributed by atoms with Gasteiger partial charge in [-0.2, -0.15) is 15.0 Å². The predicted molar refractivity (Wildman–Crippen MR) is 158 cm³/mol. The standard InChI is InChI=1S/C27H37N11O3/c1-41-22-4-2-3-21(39)23(22)24(40)32-19-5-7-20(8-6-19)33-25-34-26(37-11-15(28)9-16(29)12-37)36-27(35-25)38-13-17(30)10-18(31)14-38/h2-8,15-18,39H,9-14,28-31H2,1H3,(H,32,40)(H,33,34,35,36). The summed E-state index contributed by atoms with van der Waals surface area (Å²) in [5.74, 6) is 0.874. The van der Waals surface area contributed by atoms with E-state index in [0.29, 0.717) is 55.4 Å². The van der Waals surface area contributed by atoms with Gasteiger partial charge in [0.05, 0.1) is 7.11 Å². The van der Waals surface area contributed by atoms with Gasteiger partial charge in [0.2, 0.25) is 17.8 Å². The molecule has 2 fully saturated rings. The minimum atomic E-state index is -0.497. The molecule has 11 N–H and O–H groups in total. The number of carbonyl (C=O) groups excluding carboxylic acids is 1. The molecule has 14 heteroatoms. The minimum Gasteiger partial charge on any atom is -0.507 e. The molecule has 5 rings (SSSR count). The van der Waals surface area contributed by atoms with Crippen molar-refractivity contribution in [3.63, 3.8) is 0 Å². The first-order valence-electron chi connectivity index (χ1n) is 13.5. The van der Waals surface area contributed by atoms with Gasteiger partial charge in [0.1, 0.15) is 17.1 Å². The number of piperidine rings is 2. The van der Waals surface area contributed by atoms with Crippen LogP contribution in [0.3, 0.4) is 0 Å². The third-order valence-corrected chi connectivity index (χ3v) is 7.06. The van der Waals surface area contributed by atoms with E-state index in [1.54, 1.807) is 36.4 Å². The van der Waals surface area contributed by atoms with Gasteiger partial charge < -0.3 is 53.2 Å². The highest BCUT2D eigenvalue weighted by molar-refractivity contribution is 6.08. The Labute approximate surface area is 238 Å². The summed E-state index contributed by atoms with van der Waals surface area (Å²) in [7, 11) is 1.44. The van der Waals surface area contributed by atoms with Gasteiger partial charge >= 0.3 is 0 Å². The van der Waals surface area contributed by atoms with E-state index >= 15 is 0 Å². The van der Waals surface area contributed by atoms with E-state index in [-0.39, 0.29) is 41.2 Å². The van der Waals surface area contributed by atoms with Crippen LogP contribution in [0.25, 0.3) is 0 Å². The molecule has 2 aliphatic rings. The average molecular weight is 564 g/mol. The van der Waals surface area contributed by atoms with Crippen molar-refractivity contribution in [1.29, 1.82) is 0 Å². The van der Waals surface area contributed by atoms with Crippen LogP contribution in [0, 0.1) is 0 Å². The van der Waals surface area contributed by atoms with Gasteiger partial charge in [-0.3, -0.25) is 4.79 Å². The number of amides is 1. The molecule has 2 aromatic carbocycles. The number of anilines is 5. The number of carbonyl (C=O) groups is 1. The van der Waals surface area contributed by atoms with Crippen molar-refractivity contribution in [2.24, 2.45) is 22.9 Å². The third-order valence-electron chi connectivity index (χ3n) is 7.06. The number of hydrogen-bond acceptors (Lipinski definition) is 13. The molecule has 2 saturated heterocycles. The summed E-state index contributed by atoms with van der Waals surface area (Å²) in [6, 6.07) is 11.3. The first-order chi connectivity index (χ1) is 19.7. The number of aromatic hydroxyl groups is 1. The molecule has 0 spiro atoms. The lowest BCUT2D eigenvalue weighted by Crippen LogP contribution is -2.54. The highest BCUT2D eigenvalue weighted by Gasteiger charge is 2.29. The Kier molecular flexibility index (Phi) is 8.35. The summed E-state index contributed by atoms with van der Waals surface area (Å²) >= 11 is 0. The Bertz CT molecular complexity index is 1310. The minimum absolute atomic E-state index is 0.0525. The molecule has 1 aromatic heterocycles. The van der Waals surface area contributed by atoms with Gasteiger partial charge in [0.15, 0.2) is 0 Å². The zero-order chi connectivity index (χ0) is 29.1. The Morgan fingerprint density at radius 1 is 0.829 bits per heavy atom. The Balaban J connectivity index is 1.37. The van der Waals surface area contributed by atoms with E-state index in [0.717, 1.165) is 12.8 Å². The molecule has 3 heterocycles. The van der Waals surface area contributed by atoms with Crippen molar-refractivity contribution in [2.45, 2.75) is 37.0 Å². The van der Waals surface area contributed by atoms with Crippen LogP contribution in [-0.2, 0) is 0 Å². The summed E-state index contributed by atoms with van der Waals surface area (Å²) in [6.07, 6.45) is 1.46. The second kappa shape index (κ2) is 12.1. The van der Waals surface area contributed by atoms with Crippen LogP contribution in [-0.4, -0.2) is 83.4 Å². The summed E-state index contributed by atoms with van der Waals surface area (Å²) in [5.41, 5.74) is 26.2. The molecule has 3 aromatic rings. The molecule has 218 valence electrons. The number of nitrogens with two attached hydrogens (primary N) is 4. The third kappa shape index (κ3) is 6.74. The lowest BCUT2D eigenvalue weighted by molar-refractivity contribution is 0.102. The topological polar surface area (TPSA) is 220 Å². The zero-order valence-corrected chi connectivity index (χ0v) is 22.9. The number of benzene rings is 2. The molecule has 1 amide bonds. The number of nitrogens with zero attached hydrogens (tertiary/aromatic N) is 5. The van der Waals surface area contributed by atoms with Gasteiger partial charge in [0, 0.05) is 61.7 Å². The smallest absolute Gasteiger partial charge is 0.263 e. The molecule has 14 nitrogen and oxygen atoms in total. The monoisotopic (exact) mass is 563 g/mol. The molecule has 0 saturated carbocycles. The van der Waals surface area contributed by atoms with Crippen molar-refractivity contribution in [1.82, 2.24) is 15.0 Å². The van der Waals surface area contributed by atoms with Gasteiger partial charge in [-0.25, -0.2) is 0 Å².